The molecule has 7 nitrogen and oxygen atoms in total. The molecular formula is C26H31N5O2S. The summed E-state index contributed by atoms with van der Waals surface area (Å²) >= 11 is 1.62. The number of piperazine rings is 1. The van der Waals surface area contributed by atoms with Crippen molar-refractivity contribution in [2.45, 2.75) is 44.3 Å². The number of nitrogens with zero attached hydrogens (tertiary/aromatic N) is 5. The molecule has 1 atom stereocenters. The van der Waals surface area contributed by atoms with E-state index in [0.717, 1.165) is 34.4 Å². The first-order chi connectivity index (χ1) is 16.5. The number of carbonyl (C=O) groups excluding carboxylic acids is 2. The van der Waals surface area contributed by atoms with Gasteiger partial charge < -0.3 is 9.80 Å². The lowest BCUT2D eigenvalue weighted by Gasteiger charge is -2.40. The summed E-state index contributed by atoms with van der Waals surface area (Å²) in [5, 5.41) is 9.37. The molecular weight excluding hydrogens is 446 g/mol. The van der Waals surface area contributed by atoms with Gasteiger partial charge in [-0.1, -0.05) is 60.3 Å². The van der Waals surface area contributed by atoms with E-state index in [0.29, 0.717) is 32.5 Å². The molecule has 3 aromatic rings. The van der Waals surface area contributed by atoms with E-state index >= 15 is 0 Å². The Balaban J connectivity index is 1.22. The van der Waals surface area contributed by atoms with Crippen LogP contribution in [0.2, 0.25) is 0 Å². The van der Waals surface area contributed by atoms with Crippen molar-refractivity contribution in [1.82, 2.24) is 24.6 Å². The maximum Gasteiger partial charge on any atom is 0.227 e. The van der Waals surface area contributed by atoms with Crippen molar-refractivity contribution in [2.24, 2.45) is 0 Å². The molecule has 34 heavy (non-hydrogen) atoms. The van der Waals surface area contributed by atoms with Crippen molar-refractivity contribution in [1.29, 1.82) is 0 Å². The lowest BCUT2D eigenvalue weighted by Crippen LogP contribution is -2.55. The first kappa shape index (κ1) is 24.0. The molecule has 2 aromatic carbocycles. The molecule has 1 saturated heterocycles. The van der Waals surface area contributed by atoms with Crippen molar-refractivity contribution in [2.75, 3.05) is 25.4 Å². The Bertz CT molecular complexity index is 1100. The van der Waals surface area contributed by atoms with Gasteiger partial charge in [-0.2, -0.15) is 0 Å². The summed E-state index contributed by atoms with van der Waals surface area (Å²) in [5.41, 5.74) is 2.06. The van der Waals surface area contributed by atoms with Gasteiger partial charge in [0.15, 0.2) is 5.16 Å². The minimum absolute atomic E-state index is 0.0238. The second-order valence-corrected chi connectivity index (χ2v) is 9.65. The molecule has 0 aliphatic carbocycles. The highest BCUT2D eigenvalue weighted by molar-refractivity contribution is 7.99. The van der Waals surface area contributed by atoms with Crippen molar-refractivity contribution in [3.63, 3.8) is 0 Å². The van der Waals surface area contributed by atoms with Gasteiger partial charge in [0.05, 0.1) is 6.42 Å². The van der Waals surface area contributed by atoms with Gasteiger partial charge in [-0.25, -0.2) is 0 Å². The van der Waals surface area contributed by atoms with Crippen molar-refractivity contribution >= 4 is 23.6 Å². The number of para-hydroxylation sites is 1. The van der Waals surface area contributed by atoms with E-state index in [1.54, 1.807) is 11.8 Å². The van der Waals surface area contributed by atoms with E-state index in [1.165, 1.54) is 0 Å². The van der Waals surface area contributed by atoms with Crippen LogP contribution >= 0.6 is 11.8 Å². The number of thioether (sulfide) groups is 1. The Morgan fingerprint density at radius 3 is 2.38 bits per heavy atom. The monoisotopic (exact) mass is 477 g/mol. The second-order valence-electron chi connectivity index (χ2n) is 8.59. The van der Waals surface area contributed by atoms with Gasteiger partial charge >= 0.3 is 0 Å². The average molecular weight is 478 g/mol. The van der Waals surface area contributed by atoms with Crippen LogP contribution in [0.5, 0.6) is 0 Å². The number of hydrogen-bond donors (Lipinski definition) is 0. The third-order valence-corrected chi connectivity index (χ3v) is 7.09. The Labute approximate surface area is 205 Å². The summed E-state index contributed by atoms with van der Waals surface area (Å²) in [6.45, 7) is 5.75. The van der Waals surface area contributed by atoms with E-state index in [4.69, 9.17) is 0 Å². The molecule has 0 bridgehead atoms. The van der Waals surface area contributed by atoms with E-state index in [9.17, 15) is 9.59 Å². The number of rotatable bonds is 8. The summed E-state index contributed by atoms with van der Waals surface area (Å²) < 4.78 is 2.04. The van der Waals surface area contributed by atoms with Crippen LogP contribution in [0, 0.1) is 6.92 Å². The van der Waals surface area contributed by atoms with Crippen LogP contribution in [-0.4, -0.2) is 67.8 Å². The topological polar surface area (TPSA) is 71.3 Å². The molecule has 1 aliphatic rings. The van der Waals surface area contributed by atoms with Gasteiger partial charge in [0, 0.05) is 43.5 Å². The van der Waals surface area contributed by atoms with Crippen LogP contribution in [0.1, 0.15) is 31.2 Å². The van der Waals surface area contributed by atoms with Crippen molar-refractivity contribution < 1.29 is 9.59 Å². The quantitative estimate of drug-likeness (QED) is 0.365. The van der Waals surface area contributed by atoms with E-state index in [1.807, 2.05) is 88.9 Å². The van der Waals surface area contributed by atoms with Gasteiger partial charge in [-0.15, -0.1) is 10.2 Å². The molecule has 1 fully saturated rings. The second kappa shape index (κ2) is 11.3. The van der Waals surface area contributed by atoms with Gasteiger partial charge in [-0.05, 0) is 38.0 Å². The SMILES string of the molecule is Cc1nnc(SCCCC(=O)N2CCN(C(=O)Cc3ccccc3)C(C)C2)n1-c1ccccc1. The predicted molar refractivity (Wildman–Crippen MR) is 134 cm³/mol. The zero-order chi connectivity index (χ0) is 23.9. The molecule has 178 valence electrons. The number of amides is 2. The highest BCUT2D eigenvalue weighted by Crippen LogP contribution is 2.23. The third kappa shape index (κ3) is 5.86. The Hall–Kier alpha value is -3.13. The predicted octanol–water partition coefficient (Wildman–Crippen LogP) is 3.75. The number of aryl methyl sites for hydroxylation is 1. The van der Waals surface area contributed by atoms with Crippen LogP contribution in [-0.2, 0) is 16.0 Å². The lowest BCUT2D eigenvalue weighted by atomic mass is 10.1. The van der Waals surface area contributed by atoms with E-state index in [-0.39, 0.29) is 17.9 Å². The van der Waals surface area contributed by atoms with Crippen LogP contribution in [0.3, 0.4) is 0 Å². The van der Waals surface area contributed by atoms with Gasteiger partial charge in [0.25, 0.3) is 0 Å². The highest BCUT2D eigenvalue weighted by atomic mass is 32.2. The third-order valence-electron chi connectivity index (χ3n) is 6.07. The minimum atomic E-state index is 0.0238. The summed E-state index contributed by atoms with van der Waals surface area (Å²) in [5.74, 6) is 1.92. The molecule has 2 amide bonds. The Morgan fingerprint density at radius 2 is 1.68 bits per heavy atom. The molecule has 2 heterocycles. The van der Waals surface area contributed by atoms with E-state index < -0.39 is 0 Å². The maximum atomic E-state index is 12.8. The molecule has 1 aliphatic heterocycles. The van der Waals surface area contributed by atoms with Gasteiger partial charge in [-0.3, -0.25) is 14.2 Å². The van der Waals surface area contributed by atoms with Crippen molar-refractivity contribution in [3.8, 4) is 5.69 Å². The number of hydrogen-bond acceptors (Lipinski definition) is 5. The molecule has 0 saturated carbocycles. The maximum absolute atomic E-state index is 12.8. The Kier molecular flexibility index (Phi) is 8.00. The number of carbonyl (C=O) groups is 2. The number of benzene rings is 2. The summed E-state index contributed by atoms with van der Waals surface area (Å²) in [6.07, 6.45) is 1.67. The van der Waals surface area contributed by atoms with Gasteiger partial charge in [0.1, 0.15) is 5.82 Å². The molecule has 8 heteroatoms. The molecule has 0 radical (unpaired) electrons. The first-order valence-electron chi connectivity index (χ1n) is 11.7. The summed E-state index contributed by atoms with van der Waals surface area (Å²) in [7, 11) is 0. The highest BCUT2D eigenvalue weighted by Gasteiger charge is 2.29. The molecule has 0 spiro atoms. The standard InChI is InChI=1S/C26H31N5O2S/c1-20-19-29(15-16-30(20)25(33)18-22-10-5-3-6-11-22)24(32)14-9-17-34-26-28-27-21(2)31(26)23-12-7-4-8-13-23/h3-8,10-13,20H,9,14-19H2,1-2H3. The van der Waals surface area contributed by atoms with Gasteiger partial charge in [0.2, 0.25) is 11.8 Å². The minimum Gasteiger partial charge on any atom is -0.339 e. The average Bonchev–Trinajstić information content (AvgIpc) is 3.22. The van der Waals surface area contributed by atoms with Crippen LogP contribution in [0.15, 0.2) is 65.8 Å². The fourth-order valence-corrected chi connectivity index (χ4v) is 5.22. The Morgan fingerprint density at radius 1 is 0.971 bits per heavy atom. The molecule has 1 unspecified atom stereocenters. The van der Waals surface area contributed by atoms with Crippen LogP contribution in [0.25, 0.3) is 5.69 Å². The smallest absolute Gasteiger partial charge is 0.227 e. The molecule has 4 rings (SSSR count). The summed E-state index contributed by atoms with van der Waals surface area (Å²) in [6, 6.07) is 19.9. The first-order valence-corrected chi connectivity index (χ1v) is 12.7. The largest absolute Gasteiger partial charge is 0.339 e. The van der Waals surface area contributed by atoms with Crippen LogP contribution < -0.4 is 0 Å². The summed E-state index contributed by atoms with van der Waals surface area (Å²) in [4.78, 5) is 29.3. The normalized spacial score (nSPS) is 16.0. The fourth-order valence-electron chi connectivity index (χ4n) is 4.28. The molecule has 1 aromatic heterocycles. The van der Waals surface area contributed by atoms with Crippen molar-refractivity contribution in [3.05, 3.63) is 72.1 Å². The lowest BCUT2D eigenvalue weighted by molar-refractivity contribution is -0.142. The van der Waals surface area contributed by atoms with E-state index in [2.05, 4.69) is 10.2 Å². The number of aromatic nitrogens is 3. The van der Waals surface area contributed by atoms with Crippen LogP contribution in [0.4, 0.5) is 0 Å². The zero-order valence-corrected chi connectivity index (χ0v) is 20.6. The fraction of sp³-hybridized carbons (Fsp3) is 0.385. The molecule has 0 N–H and O–H groups in total. The zero-order valence-electron chi connectivity index (χ0n) is 19.8.